The molecular formula is C22H21N5O3. The molecular weight excluding hydrogens is 382 g/mol. The van der Waals surface area contributed by atoms with Crippen LogP contribution >= 0.6 is 0 Å². The number of para-hydroxylation sites is 1. The smallest absolute Gasteiger partial charge is 0.320 e. The SMILES string of the molecule is O=C(NCC1=NOC(COc2ccccc2-c2ccccc2)C1)Nc1ccncn1. The maximum Gasteiger partial charge on any atom is 0.320 e. The third-order valence-electron chi connectivity index (χ3n) is 4.47. The van der Waals surface area contributed by atoms with Crippen molar-refractivity contribution in [2.24, 2.45) is 5.16 Å². The van der Waals surface area contributed by atoms with Crippen molar-refractivity contribution in [3.05, 3.63) is 73.2 Å². The van der Waals surface area contributed by atoms with Gasteiger partial charge in [-0.05, 0) is 17.7 Å². The minimum absolute atomic E-state index is 0.199. The second-order valence-electron chi connectivity index (χ2n) is 6.66. The number of carbonyl (C=O) groups is 1. The summed E-state index contributed by atoms with van der Waals surface area (Å²) in [6.07, 6.45) is 3.31. The molecule has 1 unspecified atom stereocenters. The van der Waals surface area contributed by atoms with Crippen LogP contribution in [0.1, 0.15) is 6.42 Å². The van der Waals surface area contributed by atoms with Gasteiger partial charge in [0.15, 0.2) is 6.10 Å². The van der Waals surface area contributed by atoms with Gasteiger partial charge < -0.3 is 14.9 Å². The number of carbonyl (C=O) groups excluding carboxylic acids is 1. The van der Waals surface area contributed by atoms with Crippen LogP contribution in [0.4, 0.5) is 10.6 Å². The van der Waals surface area contributed by atoms with E-state index in [0.717, 1.165) is 22.6 Å². The Morgan fingerprint density at radius 3 is 2.77 bits per heavy atom. The summed E-state index contributed by atoms with van der Waals surface area (Å²) in [7, 11) is 0. The maximum absolute atomic E-state index is 11.9. The van der Waals surface area contributed by atoms with Gasteiger partial charge in [0.25, 0.3) is 0 Å². The van der Waals surface area contributed by atoms with E-state index >= 15 is 0 Å². The first-order valence-corrected chi connectivity index (χ1v) is 9.57. The molecule has 8 heteroatoms. The third kappa shape index (κ3) is 5.11. The van der Waals surface area contributed by atoms with Crippen LogP contribution in [0, 0.1) is 0 Å². The van der Waals surface area contributed by atoms with Gasteiger partial charge in [-0.3, -0.25) is 5.32 Å². The number of aromatic nitrogens is 2. The van der Waals surface area contributed by atoms with Gasteiger partial charge in [0.1, 0.15) is 24.5 Å². The number of oxime groups is 1. The molecule has 0 radical (unpaired) electrons. The number of urea groups is 1. The number of rotatable bonds is 7. The number of hydrogen-bond donors (Lipinski definition) is 2. The van der Waals surface area contributed by atoms with Crippen LogP contribution in [0.15, 0.2) is 78.3 Å². The number of nitrogens with zero attached hydrogens (tertiary/aromatic N) is 3. The number of ether oxygens (including phenoxy) is 1. The Morgan fingerprint density at radius 2 is 1.93 bits per heavy atom. The molecule has 1 aliphatic rings. The van der Waals surface area contributed by atoms with Gasteiger partial charge in [0, 0.05) is 18.2 Å². The molecule has 3 aromatic rings. The molecule has 0 spiro atoms. The topological polar surface area (TPSA) is 97.7 Å². The molecule has 4 rings (SSSR count). The van der Waals surface area contributed by atoms with E-state index in [1.807, 2.05) is 54.6 Å². The standard InChI is InChI=1S/C22H21N5O3/c28-22(26-21-10-11-23-15-25-21)24-13-17-12-18(30-27-17)14-29-20-9-5-4-8-19(20)16-6-2-1-3-7-16/h1-11,15,18H,12-14H2,(H2,23,24,25,26,28). The number of amides is 2. The highest BCUT2D eigenvalue weighted by Gasteiger charge is 2.22. The Bertz CT molecular complexity index is 1010. The predicted molar refractivity (Wildman–Crippen MR) is 113 cm³/mol. The first-order chi connectivity index (χ1) is 14.8. The molecule has 2 amide bonds. The van der Waals surface area contributed by atoms with Crippen molar-refractivity contribution in [3.63, 3.8) is 0 Å². The molecule has 0 saturated heterocycles. The fourth-order valence-electron chi connectivity index (χ4n) is 3.02. The van der Waals surface area contributed by atoms with Gasteiger partial charge in [-0.2, -0.15) is 0 Å². The molecule has 2 aromatic carbocycles. The molecule has 8 nitrogen and oxygen atoms in total. The Hall–Kier alpha value is -3.94. The summed E-state index contributed by atoms with van der Waals surface area (Å²) in [5.74, 6) is 1.22. The van der Waals surface area contributed by atoms with Gasteiger partial charge in [-0.1, -0.05) is 53.7 Å². The summed E-state index contributed by atoms with van der Waals surface area (Å²) >= 11 is 0. The Kier molecular flexibility index (Phi) is 6.14. The zero-order valence-corrected chi connectivity index (χ0v) is 16.2. The van der Waals surface area contributed by atoms with Crippen molar-refractivity contribution >= 4 is 17.6 Å². The lowest BCUT2D eigenvalue weighted by Crippen LogP contribution is -2.33. The molecule has 1 aromatic heterocycles. The Balaban J connectivity index is 1.24. The highest BCUT2D eigenvalue weighted by atomic mass is 16.7. The Labute approximate surface area is 174 Å². The normalized spacial score (nSPS) is 15.1. The molecule has 0 saturated carbocycles. The van der Waals surface area contributed by atoms with Crippen molar-refractivity contribution in [2.75, 3.05) is 18.5 Å². The summed E-state index contributed by atoms with van der Waals surface area (Å²) in [5, 5.41) is 9.42. The van der Waals surface area contributed by atoms with Crippen LogP contribution in [0.25, 0.3) is 11.1 Å². The first kappa shape index (κ1) is 19.4. The molecule has 2 N–H and O–H groups in total. The summed E-state index contributed by atoms with van der Waals surface area (Å²) in [6, 6.07) is 19.2. The summed E-state index contributed by atoms with van der Waals surface area (Å²) < 4.78 is 6.02. The monoisotopic (exact) mass is 403 g/mol. The van der Waals surface area contributed by atoms with Crippen molar-refractivity contribution in [3.8, 4) is 16.9 Å². The van der Waals surface area contributed by atoms with Gasteiger partial charge in [-0.15, -0.1) is 0 Å². The largest absolute Gasteiger partial charge is 0.489 e. The summed E-state index contributed by atoms with van der Waals surface area (Å²) in [4.78, 5) is 25.1. The molecule has 30 heavy (non-hydrogen) atoms. The molecule has 152 valence electrons. The van der Waals surface area contributed by atoms with Crippen molar-refractivity contribution < 1.29 is 14.4 Å². The van der Waals surface area contributed by atoms with Gasteiger partial charge in [0.05, 0.1) is 12.3 Å². The van der Waals surface area contributed by atoms with E-state index in [0.29, 0.717) is 18.8 Å². The molecule has 0 bridgehead atoms. The quantitative estimate of drug-likeness (QED) is 0.629. The number of benzene rings is 2. The number of hydrogen-bond acceptors (Lipinski definition) is 6. The second kappa shape index (κ2) is 9.51. The van der Waals surface area contributed by atoms with Crippen LogP contribution in [0.2, 0.25) is 0 Å². The van der Waals surface area contributed by atoms with E-state index in [9.17, 15) is 4.79 Å². The van der Waals surface area contributed by atoms with Crippen molar-refractivity contribution in [2.45, 2.75) is 12.5 Å². The van der Waals surface area contributed by atoms with E-state index < -0.39 is 0 Å². The number of anilines is 1. The molecule has 2 heterocycles. The lowest BCUT2D eigenvalue weighted by Gasteiger charge is -2.14. The van der Waals surface area contributed by atoms with Gasteiger partial charge in [-0.25, -0.2) is 14.8 Å². The van der Waals surface area contributed by atoms with Crippen LogP contribution in [-0.4, -0.2) is 41.0 Å². The van der Waals surface area contributed by atoms with Crippen molar-refractivity contribution in [1.29, 1.82) is 0 Å². The van der Waals surface area contributed by atoms with Gasteiger partial charge in [0.2, 0.25) is 0 Å². The maximum atomic E-state index is 11.9. The minimum atomic E-state index is -0.368. The molecule has 0 fully saturated rings. The van der Waals surface area contributed by atoms with Crippen LogP contribution in [0.3, 0.4) is 0 Å². The lowest BCUT2D eigenvalue weighted by atomic mass is 10.0. The summed E-state index contributed by atoms with van der Waals surface area (Å²) in [6.45, 7) is 0.651. The van der Waals surface area contributed by atoms with E-state index in [-0.39, 0.29) is 18.7 Å². The predicted octanol–water partition coefficient (Wildman–Crippen LogP) is 3.49. The fourth-order valence-corrected chi connectivity index (χ4v) is 3.02. The molecule has 1 aliphatic heterocycles. The van der Waals surface area contributed by atoms with Crippen LogP contribution in [-0.2, 0) is 4.84 Å². The first-order valence-electron chi connectivity index (χ1n) is 9.57. The third-order valence-corrected chi connectivity index (χ3v) is 4.47. The second-order valence-corrected chi connectivity index (χ2v) is 6.66. The van der Waals surface area contributed by atoms with Crippen LogP contribution < -0.4 is 15.4 Å². The van der Waals surface area contributed by atoms with E-state index in [2.05, 4.69) is 25.8 Å². The average molecular weight is 403 g/mol. The zero-order valence-electron chi connectivity index (χ0n) is 16.2. The highest BCUT2D eigenvalue weighted by molar-refractivity contribution is 5.94. The van der Waals surface area contributed by atoms with E-state index in [4.69, 9.17) is 9.57 Å². The molecule has 0 aliphatic carbocycles. The fraction of sp³-hybridized carbons (Fsp3) is 0.182. The van der Waals surface area contributed by atoms with E-state index in [1.165, 1.54) is 6.33 Å². The van der Waals surface area contributed by atoms with Crippen molar-refractivity contribution in [1.82, 2.24) is 15.3 Å². The zero-order chi connectivity index (χ0) is 20.6. The number of nitrogens with one attached hydrogen (secondary N) is 2. The minimum Gasteiger partial charge on any atom is -0.489 e. The lowest BCUT2D eigenvalue weighted by molar-refractivity contribution is 0.0472. The molecule has 1 atom stereocenters. The Morgan fingerprint density at radius 1 is 1.10 bits per heavy atom. The van der Waals surface area contributed by atoms with E-state index in [1.54, 1.807) is 12.3 Å². The highest BCUT2D eigenvalue weighted by Crippen LogP contribution is 2.30. The van der Waals surface area contributed by atoms with Crippen LogP contribution in [0.5, 0.6) is 5.75 Å². The van der Waals surface area contributed by atoms with Gasteiger partial charge >= 0.3 is 6.03 Å². The average Bonchev–Trinajstić information content (AvgIpc) is 3.26. The summed E-state index contributed by atoms with van der Waals surface area (Å²) in [5.41, 5.74) is 2.87.